The number of halogens is 1. The first-order valence-corrected chi connectivity index (χ1v) is 12.4. The number of nitrogens with zero attached hydrogens (tertiary/aromatic N) is 2. The van der Waals surface area contributed by atoms with Crippen molar-refractivity contribution in [3.05, 3.63) is 63.7 Å². The van der Waals surface area contributed by atoms with Gasteiger partial charge in [0.2, 0.25) is 11.8 Å². The van der Waals surface area contributed by atoms with Gasteiger partial charge >= 0.3 is 0 Å². The highest BCUT2D eigenvalue weighted by Gasteiger charge is 2.21. The molecule has 0 aliphatic carbocycles. The number of hydrogen-bond acceptors (Lipinski definition) is 6. The summed E-state index contributed by atoms with van der Waals surface area (Å²) < 4.78 is 16.2. The van der Waals surface area contributed by atoms with Crippen molar-refractivity contribution in [2.24, 2.45) is 5.73 Å². The number of aromatic nitrogens is 2. The molecule has 3 aromatic rings. The first-order chi connectivity index (χ1) is 16.8. The van der Waals surface area contributed by atoms with Crippen LogP contribution in [0, 0.1) is 5.82 Å². The van der Waals surface area contributed by atoms with Gasteiger partial charge in [0, 0.05) is 25.1 Å². The molecule has 0 saturated heterocycles. The normalized spacial score (nSPS) is 12.9. The fourth-order valence-electron chi connectivity index (χ4n) is 4.02. The molecular formula is C25H25FN4O4S. The highest BCUT2D eigenvalue weighted by atomic mass is 32.2. The van der Waals surface area contributed by atoms with Crippen LogP contribution in [0.4, 0.5) is 10.1 Å². The van der Waals surface area contributed by atoms with Gasteiger partial charge in [0.15, 0.2) is 10.9 Å². The summed E-state index contributed by atoms with van der Waals surface area (Å²) in [5, 5.41) is 3.47. The number of anilines is 1. The predicted molar refractivity (Wildman–Crippen MR) is 132 cm³/mol. The van der Waals surface area contributed by atoms with Crippen LogP contribution in [0.2, 0.25) is 0 Å². The number of hydrogen-bond donors (Lipinski definition) is 2. The molecule has 4 rings (SSSR count). The van der Waals surface area contributed by atoms with E-state index in [1.807, 2.05) is 0 Å². The second-order valence-corrected chi connectivity index (χ2v) is 9.34. The minimum Gasteiger partial charge on any atom is -0.370 e. The number of fused-ring (bicyclic) bond motifs is 2. The molecule has 10 heteroatoms. The van der Waals surface area contributed by atoms with Gasteiger partial charge in [-0.2, -0.15) is 0 Å². The summed E-state index contributed by atoms with van der Waals surface area (Å²) in [6.07, 6.45) is 2.99. The lowest BCUT2D eigenvalue weighted by molar-refractivity contribution is -0.118. The van der Waals surface area contributed by atoms with Crippen molar-refractivity contribution in [1.29, 1.82) is 0 Å². The van der Waals surface area contributed by atoms with Gasteiger partial charge in [-0.25, -0.2) is 9.37 Å². The molecule has 1 aliphatic rings. The van der Waals surface area contributed by atoms with Gasteiger partial charge in [-0.15, -0.1) is 0 Å². The van der Waals surface area contributed by atoms with Crippen LogP contribution in [-0.4, -0.2) is 32.9 Å². The highest BCUT2D eigenvalue weighted by Crippen LogP contribution is 2.27. The van der Waals surface area contributed by atoms with E-state index >= 15 is 0 Å². The summed E-state index contributed by atoms with van der Waals surface area (Å²) >= 11 is 1.09. The number of benzene rings is 2. The lowest BCUT2D eigenvalue weighted by Crippen LogP contribution is -2.24. The first kappa shape index (κ1) is 24.6. The SMILES string of the molecule is NC(=O)CCCCCn1c(SCC(=O)c2cc3c(cc2F)NC(=O)CC3)nc2ccccc2c1=O. The molecular weight excluding hydrogens is 471 g/mol. The van der Waals surface area contributed by atoms with E-state index in [1.165, 1.54) is 16.7 Å². The van der Waals surface area contributed by atoms with E-state index < -0.39 is 11.6 Å². The maximum Gasteiger partial charge on any atom is 0.262 e. The maximum atomic E-state index is 14.6. The average Bonchev–Trinajstić information content (AvgIpc) is 2.83. The zero-order chi connectivity index (χ0) is 24.9. The fraction of sp³-hybridized carbons (Fsp3) is 0.320. The third-order valence-electron chi connectivity index (χ3n) is 5.85. The van der Waals surface area contributed by atoms with Gasteiger partial charge in [0.05, 0.1) is 22.2 Å². The maximum absolute atomic E-state index is 14.6. The number of unbranched alkanes of at least 4 members (excludes halogenated alkanes) is 2. The Morgan fingerprint density at radius 3 is 2.71 bits per heavy atom. The quantitative estimate of drug-likeness (QED) is 0.192. The number of carbonyl (C=O) groups is 3. The topological polar surface area (TPSA) is 124 Å². The largest absolute Gasteiger partial charge is 0.370 e. The van der Waals surface area contributed by atoms with Crippen molar-refractivity contribution in [2.45, 2.75) is 50.2 Å². The Morgan fingerprint density at radius 2 is 1.91 bits per heavy atom. The lowest BCUT2D eigenvalue weighted by Gasteiger charge is -2.18. The molecule has 2 aromatic carbocycles. The molecule has 0 spiro atoms. The molecule has 0 saturated carbocycles. The molecule has 0 fully saturated rings. The number of ketones is 1. The number of nitrogens with one attached hydrogen (secondary N) is 1. The summed E-state index contributed by atoms with van der Waals surface area (Å²) in [5.74, 6) is -1.77. The van der Waals surface area contributed by atoms with Crippen LogP contribution in [0.5, 0.6) is 0 Å². The third-order valence-corrected chi connectivity index (χ3v) is 6.83. The van der Waals surface area contributed by atoms with E-state index in [1.54, 1.807) is 24.3 Å². The molecule has 182 valence electrons. The van der Waals surface area contributed by atoms with E-state index in [4.69, 9.17) is 5.73 Å². The predicted octanol–water partition coefficient (Wildman–Crippen LogP) is 3.44. The number of carbonyl (C=O) groups excluding carboxylic acids is 3. The molecule has 1 aromatic heterocycles. The van der Waals surface area contributed by atoms with Crippen LogP contribution in [0.3, 0.4) is 0 Å². The second kappa shape index (κ2) is 10.8. The minimum absolute atomic E-state index is 0.0477. The summed E-state index contributed by atoms with van der Waals surface area (Å²) in [5.41, 5.74) is 6.56. The lowest BCUT2D eigenvalue weighted by atomic mass is 9.98. The van der Waals surface area contributed by atoms with Gasteiger partial charge in [-0.3, -0.25) is 23.7 Å². The summed E-state index contributed by atoms with van der Waals surface area (Å²) in [7, 11) is 0. The van der Waals surface area contributed by atoms with E-state index in [0.717, 1.165) is 17.3 Å². The van der Waals surface area contributed by atoms with Crippen LogP contribution in [0.15, 0.2) is 46.3 Å². The van der Waals surface area contributed by atoms with Crippen molar-refractivity contribution in [3.8, 4) is 0 Å². The van der Waals surface area contributed by atoms with Crippen molar-refractivity contribution < 1.29 is 18.8 Å². The third kappa shape index (κ3) is 5.76. The highest BCUT2D eigenvalue weighted by molar-refractivity contribution is 7.99. The van der Waals surface area contributed by atoms with Crippen molar-refractivity contribution in [2.75, 3.05) is 11.1 Å². The van der Waals surface area contributed by atoms with E-state index in [9.17, 15) is 23.6 Å². The van der Waals surface area contributed by atoms with Gasteiger partial charge < -0.3 is 11.1 Å². The van der Waals surface area contributed by atoms with Crippen molar-refractivity contribution in [3.63, 3.8) is 0 Å². The van der Waals surface area contributed by atoms with E-state index in [0.29, 0.717) is 54.0 Å². The van der Waals surface area contributed by atoms with Gasteiger partial charge in [-0.05, 0) is 49.1 Å². The Kier molecular flexibility index (Phi) is 7.60. The Bertz CT molecular complexity index is 1370. The monoisotopic (exact) mass is 496 g/mol. The Balaban J connectivity index is 1.54. The summed E-state index contributed by atoms with van der Waals surface area (Å²) in [6.45, 7) is 0.374. The molecule has 0 atom stereocenters. The second-order valence-electron chi connectivity index (χ2n) is 8.39. The number of primary amides is 1. The number of aryl methyl sites for hydroxylation is 1. The van der Waals surface area contributed by atoms with Crippen molar-refractivity contribution in [1.82, 2.24) is 9.55 Å². The van der Waals surface area contributed by atoms with Crippen LogP contribution < -0.4 is 16.6 Å². The number of rotatable bonds is 10. The minimum atomic E-state index is -0.699. The molecule has 0 bridgehead atoms. The number of amides is 2. The van der Waals surface area contributed by atoms with Crippen LogP contribution in [0.25, 0.3) is 10.9 Å². The number of nitrogens with two attached hydrogens (primary N) is 1. The summed E-state index contributed by atoms with van der Waals surface area (Å²) in [4.78, 5) is 53.1. The summed E-state index contributed by atoms with van der Waals surface area (Å²) in [6, 6.07) is 9.66. The number of thioether (sulfide) groups is 1. The van der Waals surface area contributed by atoms with Gasteiger partial charge in [0.25, 0.3) is 5.56 Å². The average molecular weight is 497 g/mol. The molecule has 2 heterocycles. The van der Waals surface area contributed by atoms with E-state index in [-0.39, 0.29) is 41.5 Å². The molecule has 2 amide bonds. The Hall–Kier alpha value is -3.53. The van der Waals surface area contributed by atoms with Gasteiger partial charge in [-0.1, -0.05) is 30.3 Å². The molecule has 3 N–H and O–H groups in total. The fourth-order valence-corrected chi connectivity index (χ4v) is 4.93. The number of para-hydroxylation sites is 1. The zero-order valence-electron chi connectivity index (χ0n) is 19.0. The molecule has 0 unspecified atom stereocenters. The van der Waals surface area contributed by atoms with Gasteiger partial charge in [0.1, 0.15) is 5.82 Å². The van der Waals surface area contributed by atoms with Crippen molar-refractivity contribution >= 4 is 45.9 Å². The molecule has 35 heavy (non-hydrogen) atoms. The van der Waals surface area contributed by atoms with Crippen LogP contribution in [-0.2, 0) is 22.6 Å². The van der Waals surface area contributed by atoms with Crippen LogP contribution >= 0.6 is 11.8 Å². The Labute approximate surface area is 205 Å². The standard InChI is InChI=1S/C25H25FN4O4S/c26-18-13-20-15(9-10-23(33)28-20)12-17(18)21(31)14-35-25-29-19-7-4-3-6-16(19)24(34)30(25)11-5-1-2-8-22(27)32/h3-4,6-7,12-13H,1-2,5,8-11,14H2,(H2,27,32)(H,28,33). The van der Waals surface area contributed by atoms with Crippen LogP contribution in [0.1, 0.15) is 48.0 Å². The Morgan fingerprint density at radius 1 is 1.11 bits per heavy atom. The molecule has 1 aliphatic heterocycles. The smallest absolute Gasteiger partial charge is 0.262 e. The number of Topliss-reactive ketones (excluding diaryl/α,β-unsaturated/α-hetero) is 1. The zero-order valence-corrected chi connectivity index (χ0v) is 19.8. The first-order valence-electron chi connectivity index (χ1n) is 11.4. The van der Waals surface area contributed by atoms with E-state index in [2.05, 4.69) is 10.3 Å². The molecule has 0 radical (unpaired) electrons. The molecule has 8 nitrogen and oxygen atoms in total.